The molecule has 1 heteroatoms. The smallest absolute Gasteiger partial charge is 0.0563 e. The average Bonchev–Trinajstić information content (AvgIpc) is 2.26. The lowest BCUT2D eigenvalue weighted by Crippen LogP contribution is -2.15. The molecule has 0 aromatic heterocycles. The monoisotopic (exact) mass is 220 g/mol. The summed E-state index contributed by atoms with van der Waals surface area (Å²) >= 11 is 0. The third kappa shape index (κ3) is 3.97. The van der Waals surface area contributed by atoms with Crippen LogP contribution >= 0.6 is 0 Å². The van der Waals surface area contributed by atoms with Crippen LogP contribution in [0.4, 0.5) is 0 Å². The molecule has 2 atom stereocenters. The molecule has 1 unspecified atom stereocenters. The summed E-state index contributed by atoms with van der Waals surface area (Å²) in [5, 5.41) is 9.77. The van der Waals surface area contributed by atoms with Crippen molar-refractivity contribution in [1.82, 2.24) is 0 Å². The van der Waals surface area contributed by atoms with Crippen molar-refractivity contribution in [3.63, 3.8) is 0 Å². The number of hydrogen-bond donors (Lipinski definition) is 1. The molecule has 0 amide bonds. The predicted octanol–water partition coefficient (Wildman–Crippen LogP) is 3.90. The van der Waals surface area contributed by atoms with Gasteiger partial charge < -0.3 is 5.11 Å². The molecule has 1 aromatic rings. The minimum Gasteiger partial charge on any atom is -0.393 e. The zero-order chi connectivity index (χ0) is 12.1. The summed E-state index contributed by atoms with van der Waals surface area (Å²) in [5.74, 6) is 0.902. The van der Waals surface area contributed by atoms with Gasteiger partial charge in [-0.15, -0.1) is 0 Å². The van der Waals surface area contributed by atoms with Crippen LogP contribution in [-0.4, -0.2) is 11.2 Å². The maximum absolute atomic E-state index is 9.77. The van der Waals surface area contributed by atoms with Crippen LogP contribution in [0.1, 0.15) is 50.7 Å². The first-order valence-electron chi connectivity index (χ1n) is 6.25. The van der Waals surface area contributed by atoms with E-state index in [4.69, 9.17) is 0 Å². The Labute approximate surface area is 99.5 Å². The van der Waals surface area contributed by atoms with Gasteiger partial charge in [0.05, 0.1) is 6.10 Å². The minimum absolute atomic E-state index is 0.159. The predicted molar refractivity (Wildman–Crippen MR) is 69.7 cm³/mol. The largest absolute Gasteiger partial charge is 0.393 e. The van der Waals surface area contributed by atoms with Crippen molar-refractivity contribution in [2.45, 2.75) is 52.6 Å². The van der Waals surface area contributed by atoms with E-state index in [1.807, 2.05) is 0 Å². The van der Waals surface area contributed by atoms with E-state index in [1.165, 1.54) is 11.1 Å². The van der Waals surface area contributed by atoms with Crippen LogP contribution in [0.2, 0.25) is 0 Å². The molecule has 0 spiro atoms. The second-order valence-electron chi connectivity index (χ2n) is 5.20. The molecule has 1 N–H and O–H groups in total. The number of aliphatic hydroxyl groups excluding tert-OH is 1. The summed E-state index contributed by atoms with van der Waals surface area (Å²) in [6.07, 6.45) is 1.79. The van der Waals surface area contributed by atoms with Gasteiger partial charge in [0.1, 0.15) is 0 Å². The van der Waals surface area contributed by atoms with Crippen molar-refractivity contribution in [2.75, 3.05) is 0 Å². The Morgan fingerprint density at radius 2 is 1.56 bits per heavy atom. The van der Waals surface area contributed by atoms with Crippen LogP contribution in [0, 0.1) is 12.8 Å². The van der Waals surface area contributed by atoms with Gasteiger partial charge in [0.2, 0.25) is 0 Å². The van der Waals surface area contributed by atoms with Gasteiger partial charge in [-0.2, -0.15) is 0 Å². The number of benzene rings is 1. The number of rotatable bonds is 5. The zero-order valence-corrected chi connectivity index (χ0v) is 10.9. The molecular formula is C15H24O. The molecule has 0 fully saturated rings. The van der Waals surface area contributed by atoms with Crippen molar-refractivity contribution in [3.8, 4) is 0 Å². The maximum Gasteiger partial charge on any atom is 0.0563 e. The highest BCUT2D eigenvalue weighted by atomic mass is 16.3. The van der Waals surface area contributed by atoms with Crippen LogP contribution in [-0.2, 0) is 0 Å². The van der Waals surface area contributed by atoms with Crippen LogP contribution in [0.3, 0.4) is 0 Å². The van der Waals surface area contributed by atoms with Crippen LogP contribution in [0.15, 0.2) is 24.3 Å². The molecule has 0 radical (unpaired) electrons. The molecule has 0 bridgehead atoms. The Morgan fingerprint density at radius 3 is 2.06 bits per heavy atom. The van der Waals surface area contributed by atoms with E-state index in [0.717, 1.165) is 12.8 Å². The Hall–Kier alpha value is -0.820. The first-order valence-corrected chi connectivity index (χ1v) is 6.25. The Balaban J connectivity index is 2.46. The van der Waals surface area contributed by atoms with Crippen LogP contribution in [0.25, 0.3) is 0 Å². The molecule has 0 saturated heterocycles. The van der Waals surface area contributed by atoms with Crippen molar-refractivity contribution >= 4 is 0 Å². The van der Waals surface area contributed by atoms with Crippen molar-refractivity contribution in [2.24, 2.45) is 5.92 Å². The normalized spacial score (nSPS) is 15.1. The summed E-state index contributed by atoms with van der Waals surface area (Å²) in [7, 11) is 0. The molecule has 0 heterocycles. The van der Waals surface area contributed by atoms with Crippen molar-refractivity contribution < 1.29 is 5.11 Å². The highest BCUT2D eigenvalue weighted by Crippen LogP contribution is 2.23. The molecule has 1 nitrogen and oxygen atoms in total. The van der Waals surface area contributed by atoms with Gasteiger partial charge in [0.15, 0.2) is 0 Å². The SMILES string of the molecule is Cc1ccc([C@H](C)CCC(O)C(C)C)cc1. The quantitative estimate of drug-likeness (QED) is 0.798. The maximum atomic E-state index is 9.77. The van der Waals surface area contributed by atoms with E-state index in [-0.39, 0.29) is 6.10 Å². The lowest BCUT2D eigenvalue weighted by atomic mass is 9.92. The standard InChI is InChI=1S/C15H24O/c1-11(2)15(16)10-7-13(4)14-8-5-12(3)6-9-14/h5-6,8-9,11,13,15-16H,7,10H2,1-4H3/t13-,15?/m1/s1. The molecule has 0 aliphatic heterocycles. The van der Waals surface area contributed by atoms with E-state index < -0.39 is 0 Å². The Morgan fingerprint density at radius 1 is 1.00 bits per heavy atom. The summed E-state index contributed by atoms with van der Waals surface area (Å²) in [5.41, 5.74) is 2.68. The lowest BCUT2D eigenvalue weighted by Gasteiger charge is -2.17. The van der Waals surface area contributed by atoms with E-state index in [0.29, 0.717) is 11.8 Å². The Bertz CT molecular complexity index is 300. The number of aryl methyl sites for hydroxylation is 1. The fraction of sp³-hybridized carbons (Fsp3) is 0.600. The molecular weight excluding hydrogens is 196 g/mol. The highest BCUT2D eigenvalue weighted by molar-refractivity contribution is 5.23. The second-order valence-corrected chi connectivity index (χ2v) is 5.20. The summed E-state index contributed by atoms with van der Waals surface area (Å²) in [6.45, 7) is 8.48. The number of hydrogen-bond acceptors (Lipinski definition) is 1. The first kappa shape index (κ1) is 13.2. The van der Waals surface area contributed by atoms with Gasteiger partial charge in [0.25, 0.3) is 0 Å². The first-order chi connectivity index (χ1) is 7.50. The molecule has 0 aliphatic rings. The highest BCUT2D eigenvalue weighted by Gasteiger charge is 2.12. The van der Waals surface area contributed by atoms with E-state index in [9.17, 15) is 5.11 Å². The lowest BCUT2D eigenvalue weighted by molar-refractivity contribution is 0.112. The molecule has 1 rings (SSSR count). The fourth-order valence-electron chi connectivity index (χ4n) is 1.82. The van der Waals surface area contributed by atoms with Crippen LogP contribution in [0.5, 0.6) is 0 Å². The average molecular weight is 220 g/mol. The zero-order valence-electron chi connectivity index (χ0n) is 10.9. The summed E-state index contributed by atoms with van der Waals surface area (Å²) in [4.78, 5) is 0. The molecule has 16 heavy (non-hydrogen) atoms. The van der Waals surface area contributed by atoms with Gasteiger partial charge in [-0.3, -0.25) is 0 Å². The number of aliphatic hydroxyl groups is 1. The van der Waals surface area contributed by atoms with Gasteiger partial charge >= 0.3 is 0 Å². The van der Waals surface area contributed by atoms with E-state index >= 15 is 0 Å². The molecule has 0 saturated carbocycles. The van der Waals surface area contributed by atoms with Gasteiger partial charge in [0, 0.05) is 0 Å². The fourth-order valence-corrected chi connectivity index (χ4v) is 1.82. The Kier molecular flexibility index (Phi) is 5.01. The molecule has 0 aliphatic carbocycles. The third-order valence-electron chi connectivity index (χ3n) is 3.31. The second kappa shape index (κ2) is 6.05. The minimum atomic E-state index is -0.159. The molecule has 1 aromatic carbocycles. The third-order valence-corrected chi connectivity index (χ3v) is 3.31. The van der Waals surface area contributed by atoms with Gasteiger partial charge in [-0.1, -0.05) is 50.6 Å². The van der Waals surface area contributed by atoms with Crippen molar-refractivity contribution in [1.29, 1.82) is 0 Å². The van der Waals surface area contributed by atoms with Gasteiger partial charge in [-0.25, -0.2) is 0 Å². The topological polar surface area (TPSA) is 20.2 Å². The summed E-state index contributed by atoms with van der Waals surface area (Å²) in [6, 6.07) is 8.71. The van der Waals surface area contributed by atoms with Crippen LogP contribution < -0.4 is 0 Å². The van der Waals surface area contributed by atoms with E-state index in [1.54, 1.807) is 0 Å². The van der Waals surface area contributed by atoms with Gasteiger partial charge in [-0.05, 0) is 37.2 Å². The summed E-state index contributed by atoms with van der Waals surface area (Å²) < 4.78 is 0. The van der Waals surface area contributed by atoms with E-state index in [2.05, 4.69) is 52.0 Å². The van der Waals surface area contributed by atoms with Crippen molar-refractivity contribution in [3.05, 3.63) is 35.4 Å². The molecule has 90 valence electrons.